The highest BCUT2D eigenvalue weighted by molar-refractivity contribution is 6.41. The molecule has 25 heavy (non-hydrogen) atoms. The topological polar surface area (TPSA) is 82.1 Å². The summed E-state index contributed by atoms with van der Waals surface area (Å²) in [6.07, 6.45) is 3.93. The molecular weight excluding hydrogens is 365 g/mol. The zero-order valence-electron chi connectivity index (χ0n) is 12.9. The summed E-state index contributed by atoms with van der Waals surface area (Å²) in [4.78, 5) is 16.8. The van der Waals surface area contributed by atoms with Crippen LogP contribution in [0.25, 0.3) is 11.0 Å². The third-order valence-corrected chi connectivity index (χ3v) is 4.40. The Balaban J connectivity index is 1.66. The van der Waals surface area contributed by atoms with Gasteiger partial charge in [-0.05, 0) is 19.0 Å². The standard InChI is InChI=1S/C16H13Cl2N5O2/c17-11-5-10(7-20-15(11)18)25-16-14-12(21-8-22-16)1-2-13(23-14)24-9-3-4-19-6-9/h1-2,5,7-9,19H,3-4,6H2/t9-/m0/s1. The predicted molar refractivity (Wildman–Crippen MR) is 93.6 cm³/mol. The van der Waals surface area contributed by atoms with Crippen molar-refractivity contribution in [1.82, 2.24) is 25.3 Å². The molecule has 0 spiro atoms. The minimum atomic E-state index is 0.109. The second-order valence-corrected chi connectivity index (χ2v) is 6.24. The van der Waals surface area contributed by atoms with E-state index in [9.17, 15) is 0 Å². The molecule has 1 aliphatic heterocycles. The lowest BCUT2D eigenvalue weighted by atomic mass is 10.3. The van der Waals surface area contributed by atoms with E-state index in [-0.39, 0.29) is 11.3 Å². The molecule has 3 aromatic heterocycles. The third-order valence-electron chi connectivity index (χ3n) is 3.71. The molecule has 1 saturated heterocycles. The second kappa shape index (κ2) is 6.95. The van der Waals surface area contributed by atoms with Gasteiger partial charge in [0.1, 0.15) is 23.3 Å². The van der Waals surface area contributed by atoms with Crippen LogP contribution in [0, 0.1) is 0 Å². The van der Waals surface area contributed by atoms with Crippen molar-refractivity contribution in [2.24, 2.45) is 0 Å². The monoisotopic (exact) mass is 377 g/mol. The summed E-state index contributed by atoms with van der Waals surface area (Å²) in [5, 5.41) is 3.75. The number of nitrogens with zero attached hydrogens (tertiary/aromatic N) is 4. The molecule has 3 aromatic rings. The molecule has 9 heteroatoms. The third kappa shape index (κ3) is 3.58. The van der Waals surface area contributed by atoms with E-state index in [1.807, 2.05) is 6.07 Å². The van der Waals surface area contributed by atoms with Crippen molar-refractivity contribution in [3.63, 3.8) is 0 Å². The number of aromatic nitrogens is 4. The summed E-state index contributed by atoms with van der Waals surface area (Å²) in [5.74, 6) is 1.20. The van der Waals surface area contributed by atoms with Crippen LogP contribution in [0.3, 0.4) is 0 Å². The maximum Gasteiger partial charge on any atom is 0.249 e. The van der Waals surface area contributed by atoms with Gasteiger partial charge in [-0.1, -0.05) is 23.2 Å². The molecule has 7 nitrogen and oxygen atoms in total. The molecule has 0 amide bonds. The quantitative estimate of drug-likeness (QED) is 0.698. The van der Waals surface area contributed by atoms with Gasteiger partial charge in [-0.3, -0.25) is 0 Å². The first-order valence-electron chi connectivity index (χ1n) is 7.67. The summed E-state index contributed by atoms with van der Waals surface area (Å²) in [5.41, 5.74) is 1.15. The summed E-state index contributed by atoms with van der Waals surface area (Å²) < 4.78 is 11.7. The van der Waals surface area contributed by atoms with Gasteiger partial charge < -0.3 is 14.8 Å². The molecule has 0 bridgehead atoms. The van der Waals surface area contributed by atoms with Crippen LogP contribution in [0.2, 0.25) is 10.2 Å². The first-order chi connectivity index (χ1) is 12.2. The first-order valence-corrected chi connectivity index (χ1v) is 8.42. The Hall–Kier alpha value is -2.22. The fourth-order valence-corrected chi connectivity index (χ4v) is 2.77. The van der Waals surface area contributed by atoms with E-state index in [4.69, 9.17) is 32.7 Å². The van der Waals surface area contributed by atoms with E-state index in [1.165, 1.54) is 12.5 Å². The number of rotatable bonds is 4. The molecule has 0 aliphatic carbocycles. The molecular formula is C16H13Cl2N5O2. The zero-order chi connectivity index (χ0) is 17.2. The van der Waals surface area contributed by atoms with Crippen molar-refractivity contribution in [2.75, 3.05) is 13.1 Å². The molecule has 4 heterocycles. The van der Waals surface area contributed by atoms with Crippen LogP contribution in [0.1, 0.15) is 6.42 Å². The Labute approximate surface area is 153 Å². The van der Waals surface area contributed by atoms with Crippen LogP contribution in [0.4, 0.5) is 0 Å². The van der Waals surface area contributed by atoms with Crippen molar-refractivity contribution in [3.8, 4) is 17.5 Å². The van der Waals surface area contributed by atoms with Crippen LogP contribution < -0.4 is 14.8 Å². The van der Waals surface area contributed by atoms with Gasteiger partial charge in [-0.25, -0.2) is 15.0 Å². The lowest BCUT2D eigenvalue weighted by Crippen LogP contribution is -2.20. The van der Waals surface area contributed by atoms with Gasteiger partial charge in [-0.2, -0.15) is 4.98 Å². The van der Waals surface area contributed by atoms with Gasteiger partial charge in [-0.15, -0.1) is 0 Å². The van der Waals surface area contributed by atoms with Gasteiger partial charge >= 0.3 is 0 Å². The number of halogens is 2. The Bertz CT molecular complexity index is 918. The van der Waals surface area contributed by atoms with E-state index in [1.54, 1.807) is 12.1 Å². The maximum atomic E-state index is 5.97. The van der Waals surface area contributed by atoms with Crippen LogP contribution in [0.15, 0.2) is 30.7 Å². The second-order valence-electron chi connectivity index (χ2n) is 5.47. The van der Waals surface area contributed by atoms with Gasteiger partial charge in [0, 0.05) is 18.7 Å². The largest absolute Gasteiger partial charge is 0.473 e. The predicted octanol–water partition coefficient (Wildman–Crippen LogP) is 3.26. The van der Waals surface area contributed by atoms with E-state index in [2.05, 4.69) is 25.3 Å². The Kier molecular flexibility index (Phi) is 4.52. The number of fused-ring (bicyclic) bond motifs is 1. The number of hydrogen-bond donors (Lipinski definition) is 1. The molecule has 1 fully saturated rings. The highest BCUT2D eigenvalue weighted by Crippen LogP contribution is 2.30. The average Bonchev–Trinajstić information content (AvgIpc) is 3.12. The van der Waals surface area contributed by atoms with Crippen LogP contribution in [-0.2, 0) is 0 Å². The van der Waals surface area contributed by atoms with Gasteiger partial charge in [0.15, 0.2) is 5.52 Å². The molecule has 1 N–H and O–H groups in total. The Morgan fingerprint density at radius 1 is 1.16 bits per heavy atom. The summed E-state index contributed by atoms with van der Waals surface area (Å²) >= 11 is 11.8. The molecule has 1 aliphatic rings. The van der Waals surface area contributed by atoms with Crippen LogP contribution in [-0.4, -0.2) is 39.1 Å². The van der Waals surface area contributed by atoms with E-state index in [0.717, 1.165) is 19.5 Å². The van der Waals surface area contributed by atoms with Crippen molar-refractivity contribution < 1.29 is 9.47 Å². The van der Waals surface area contributed by atoms with Gasteiger partial charge in [0.05, 0.1) is 16.7 Å². The summed E-state index contributed by atoms with van der Waals surface area (Å²) in [6, 6.07) is 5.18. The Morgan fingerprint density at radius 2 is 2.08 bits per heavy atom. The molecule has 0 aromatic carbocycles. The molecule has 0 radical (unpaired) electrons. The van der Waals surface area contributed by atoms with Crippen LogP contribution >= 0.6 is 23.2 Å². The molecule has 0 saturated carbocycles. The summed E-state index contributed by atoms with van der Waals surface area (Å²) in [6.45, 7) is 1.75. The lowest BCUT2D eigenvalue weighted by Gasteiger charge is -2.12. The number of pyridine rings is 2. The number of nitrogens with one attached hydrogen (secondary N) is 1. The van der Waals surface area contributed by atoms with Crippen LogP contribution in [0.5, 0.6) is 17.5 Å². The van der Waals surface area contributed by atoms with Gasteiger partial charge in [0.25, 0.3) is 0 Å². The maximum absolute atomic E-state index is 5.97. The first kappa shape index (κ1) is 16.3. The Morgan fingerprint density at radius 3 is 2.88 bits per heavy atom. The molecule has 1 atom stereocenters. The normalized spacial score (nSPS) is 17.0. The highest BCUT2D eigenvalue weighted by atomic mass is 35.5. The highest BCUT2D eigenvalue weighted by Gasteiger charge is 2.17. The van der Waals surface area contributed by atoms with E-state index >= 15 is 0 Å². The fraction of sp³-hybridized carbons (Fsp3) is 0.250. The lowest BCUT2D eigenvalue weighted by molar-refractivity contribution is 0.214. The molecule has 0 unspecified atom stereocenters. The van der Waals surface area contributed by atoms with Crippen molar-refractivity contribution in [3.05, 3.63) is 40.9 Å². The van der Waals surface area contributed by atoms with E-state index < -0.39 is 0 Å². The van der Waals surface area contributed by atoms with E-state index in [0.29, 0.717) is 33.6 Å². The zero-order valence-corrected chi connectivity index (χ0v) is 14.5. The SMILES string of the molecule is Clc1cc(Oc2ncnc3ccc(O[C@H]4CCNC4)nc23)cnc1Cl. The molecule has 4 rings (SSSR count). The smallest absolute Gasteiger partial charge is 0.249 e. The summed E-state index contributed by atoms with van der Waals surface area (Å²) in [7, 11) is 0. The fourth-order valence-electron chi connectivity index (χ4n) is 2.51. The van der Waals surface area contributed by atoms with Gasteiger partial charge in [0.2, 0.25) is 11.8 Å². The van der Waals surface area contributed by atoms with Crippen molar-refractivity contribution >= 4 is 34.2 Å². The minimum absolute atomic E-state index is 0.109. The van der Waals surface area contributed by atoms with Crippen molar-refractivity contribution in [1.29, 1.82) is 0 Å². The number of ether oxygens (including phenoxy) is 2. The molecule has 128 valence electrons. The number of hydrogen-bond acceptors (Lipinski definition) is 7. The average molecular weight is 378 g/mol. The van der Waals surface area contributed by atoms with Crippen molar-refractivity contribution in [2.45, 2.75) is 12.5 Å². The minimum Gasteiger partial charge on any atom is -0.473 e.